The van der Waals surface area contributed by atoms with E-state index in [1.807, 2.05) is 6.92 Å². The molecule has 0 saturated heterocycles. The maximum Gasteiger partial charge on any atom is 0.175 e. The molecule has 1 aromatic carbocycles. The van der Waals surface area contributed by atoms with Crippen molar-refractivity contribution in [2.75, 3.05) is 6.26 Å². The predicted molar refractivity (Wildman–Crippen MR) is 59.7 cm³/mol. The molecule has 0 heterocycles. The lowest BCUT2D eigenvalue weighted by atomic mass is 10.0. The lowest BCUT2D eigenvalue weighted by molar-refractivity contribution is 0.195. The van der Waals surface area contributed by atoms with Crippen molar-refractivity contribution in [3.05, 3.63) is 29.3 Å². The number of rotatable bonds is 3. The van der Waals surface area contributed by atoms with Gasteiger partial charge in [-0.05, 0) is 43.5 Å². The Kier molecular flexibility index (Phi) is 3.52. The van der Waals surface area contributed by atoms with Crippen molar-refractivity contribution in [2.24, 2.45) is 0 Å². The summed E-state index contributed by atoms with van der Waals surface area (Å²) < 4.78 is 22.5. The van der Waals surface area contributed by atoms with Crippen LogP contribution in [0.3, 0.4) is 0 Å². The Morgan fingerprint density at radius 2 is 2.00 bits per heavy atom. The Hall–Kier alpha value is -0.870. The third-order valence-corrected chi connectivity index (χ3v) is 3.37. The minimum atomic E-state index is -3.13. The Morgan fingerprint density at radius 3 is 2.40 bits per heavy atom. The summed E-state index contributed by atoms with van der Waals surface area (Å²) in [5.74, 6) is 0. The summed E-state index contributed by atoms with van der Waals surface area (Å²) in [4.78, 5) is 0.328. The summed E-state index contributed by atoms with van der Waals surface area (Å²) in [6.45, 7) is 3.57. The quantitative estimate of drug-likeness (QED) is 0.849. The molecular weight excluding hydrogens is 212 g/mol. The third-order valence-electron chi connectivity index (χ3n) is 2.26. The summed E-state index contributed by atoms with van der Waals surface area (Å²) >= 11 is 0. The molecule has 3 nitrogen and oxygen atoms in total. The number of benzene rings is 1. The van der Waals surface area contributed by atoms with Gasteiger partial charge in [0.1, 0.15) is 0 Å². The van der Waals surface area contributed by atoms with Crippen LogP contribution in [0.5, 0.6) is 0 Å². The van der Waals surface area contributed by atoms with Crippen molar-refractivity contribution in [2.45, 2.75) is 31.3 Å². The predicted octanol–water partition coefficient (Wildman–Crippen LogP) is 1.32. The van der Waals surface area contributed by atoms with E-state index < -0.39 is 15.9 Å². The van der Waals surface area contributed by atoms with Crippen LogP contribution in [0.15, 0.2) is 23.1 Å². The van der Waals surface area contributed by atoms with Crippen molar-refractivity contribution in [1.82, 2.24) is 0 Å². The van der Waals surface area contributed by atoms with E-state index in [1.54, 1.807) is 25.1 Å². The molecule has 0 amide bonds. The summed E-state index contributed by atoms with van der Waals surface area (Å²) in [5, 5.41) is 9.24. The van der Waals surface area contributed by atoms with Gasteiger partial charge in [0.25, 0.3) is 0 Å². The van der Waals surface area contributed by atoms with Gasteiger partial charge in [-0.2, -0.15) is 0 Å². The zero-order valence-electron chi connectivity index (χ0n) is 9.19. The van der Waals surface area contributed by atoms with Gasteiger partial charge in [-0.15, -0.1) is 0 Å². The number of aliphatic hydroxyl groups excluding tert-OH is 1. The van der Waals surface area contributed by atoms with E-state index in [-0.39, 0.29) is 0 Å². The van der Waals surface area contributed by atoms with E-state index in [2.05, 4.69) is 0 Å². The summed E-state index contributed by atoms with van der Waals surface area (Å²) in [6, 6.07) is 4.99. The first-order valence-electron chi connectivity index (χ1n) is 4.78. The second-order valence-corrected chi connectivity index (χ2v) is 5.93. The standard InChI is InChI=1S/C11H16O3S/c1-8-6-11(15(3,13)14)5-4-10(8)7-9(2)12/h4-6,9,12H,7H2,1-3H3. The van der Waals surface area contributed by atoms with E-state index in [4.69, 9.17) is 0 Å². The lowest BCUT2D eigenvalue weighted by Crippen LogP contribution is -2.06. The molecule has 0 aromatic heterocycles. The van der Waals surface area contributed by atoms with Crippen LogP contribution in [0, 0.1) is 6.92 Å². The van der Waals surface area contributed by atoms with Crippen LogP contribution in [-0.4, -0.2) is 25.9 Å². The fraction of sp³-hybridized carbons (Fsp3) is 0.455. The molecule has 0 fully saturated rings. The molecule has 0 radical (unpaired) electrons. The van der Waals surface area contributed by atoms with E-state index >= 15 is 0 Å². The van der Waals surface area contributed by atoms with E-state index in [9.17, 15) is 13.5 Å². The molecule has 0 aliphatic carbocycles. The average molecular weight is 228 g/mol. The molecule has 0 aliphatic heterocycles. The fourth-order valence-corrected chi connectivity index (χ4v) is 2.15. The van der Waals surface area contributed by atoms with Crippen LogP contribution in [-0.2, 0) is 16.3 Å². The summed E-state index contributed by atoms with van der Waals surface area (Å²) in [6.07, 6.45) is 1.33. The molecular formula is C11H16O3S. The maximum atomic E-state index is 11.3. The van der Waals surface area contributed by atoms with Gasteiger partial charge in [-0.25, -0.2) is 8.42 Å². The Balaban J connectivity index is 3.09. The Labute approximate surface area is 90.7 Å². The van der Waals surface area contributed by atoms with Crippen LogP contribution in [0.25, 0.3) is 0 Å². The second kappa shape index (κ2) is 4.33. The number of hydrogen-bond acceptors (Lipinski definition) is 3. The molecule has 0 saturated carbocycles. The number of sulfone groups is 1. The van der Waals surface area contributed by atoms with Crippen LogP contribution < -0.4 is 0 Å². The van der Waals surface area contributed by atoms with Crippen LogP contribution in [0.2, 0.25) is 0 Å². The smallest absolute Gasteiger partial charge is 0.175 e. The van der Waals surface area contributed by atoms with Gasteiger partial charge in [0.05, 0.1) is 11.0 Å². The van der Waals surface area contributed by atoms with Gasteiger partial charge in [0.15, 0.2) is 9.84 Å². The first-order valence-corrected chi connectivity index (χ1v) is 6.67. The molecule has 0 spiro atoms. The highest BCUT2D eigenvalue weighted by Gasteiger charge is 2.09. The monoisotopic (exact) mass is 228 g/mol. The van der Waals surface area contributed by atoms with E-state index in [0.717, 1.165) is 11.1 Å². The molecule has 1 atom stereocenters. The van der Waals surface area contributed by atoms with Gasteiger partial charge >= 0.3 is 0 Å². The van der Waals surface area contributed by atoms with Crippen molar-refractivity contribution < 1.29 is 13.5 Å². The normalized spacial score (nSPS) is 13.9. The molecule has 4 heteroatoms. The zero-order chi connectivity index (χ0) is 11.6. The largest absolute Gasteiger partial charge is 0.393 e. The van der Waals surface area contributed by atoms with Crippen LogP contribution in [0.1, 0.15) is 18.1 Å². The lowest BCUT2D eigenvalue weighted by Gasteiger charge is -2.09. The van der Waals surface area contributed by atoms with Crippen LogP contribution >= 0.6 is 0 Å². The average Bonchev–Trinajstić information content (AvgIpc) is 2.05. The van der Waals surface area contributed by atoms with Gasteiger partial charge < -0.3 is 5.11 Å². The Bertz CT molecular complexity index is 447. The molecule has 1 aromatic rings. The number of aliphatic hydroxyl groups is 1. The zero-order valence-corrected chi connectivity index (χ0v) is 10.0. The highest BCUT2D eigenvalue weighted by atomic mass is 32.2. The summed E-state index contributed by atoms with van der Waals surface area (Å²) in [7, 11) is -3.13. The summed E-state index contributed by atoms with van der Waals surface area (Å²) in [5.41, 5.74) is 1.89. The van der Waals surface area contributed by atoms with Crippen molar-refractivity contribution in [3.8, 4) is 0 Å². The first kappa shape index (κ1) is 12.2. The van der Waals surface area contributed by atoms with E-state index in [0.29, 0.717) is 11.3 Å². The number of aryl methyl sites for hydroxylation is 1. The van der Waals surface area contributed by atoms with Gasteiger partial charge in [-0.3, -0.25) is 0 Å². The fourth-order valence-electron chi connectivity index (χ4n) is 1.45. The van der Waals surface area contributed by atoms with Crippen molar-refractivity contribution >= 4 is 9.84 Å². The molecule has 15 heavy (non-hydrogen) atoms. The first-order chi connectivity index (χ1) is 6.80. The molecule has 0 aliphatic rings. The molecule has 1 unspecified atom stereocenters. The molecule has 1 N–H and O–H groups in total. The third kappa shape index (κ3) is 3.32. The minimum Gasteiger partial charge on any atom is -0.393 e. The van der Waals surface area contributed by atoms with Crippen molar-refractivity contribution in [1.29, 1.82) is 0 Å². The molecule has 84 valence electrons. The van der Waals surface area contributed by atoms with Crippen molar-refractivity contribution in [3.63, 3.8) is 0 Å². The van der Waals surface area contributed by atoms with Crippen LogP contribution in [0.4, 0.5) is 0 Å². The van der Waals surface area contributed by atoms with E-state index in [1.165, 1.54) is 6.26 Å². The topological polar surface area (TPSA) is 54.4 Å². The Morgan fingerprint density at radius 1 is 1.40 bits per heavy atom. The van der Waals surface area contributed by atoms with Gasteiger partial charge in [0, 0.05) is 6.26 Å². The molecule has 0 bridgehead atoms. The number of hydrogen-bond donors (Lipinski definition) is 1. The second-order valence-electron chi connectivity index (χ2n) is 3.91. The molecule has 1 rings (SSSR count). The SMILES string of the molecule is Cc1cc(S(C)(=O)=O)ccc1CC(C)O. The highest BCUT2D eigenvalue weighted by molar-refractivity contribution is 7.90. The van der Waals surface area contributed by atoms with Gasteiger partial charge in [0.2, 0.25) is 0 Å². The highest BCUT2D eigenvalue weighted by Crippen LogP contribution is 2.16. The maximum absolute atomic E-state index is 11.3. The minimum absolute atomic E-state index is 0.328. The van der Waals surface area contributed by atoms with Gasteiger partial charge in [-0.1, -0.05) is 6.07 Å².